The summed E-state index contributed by atoms with van der Waals surface area (Å²) in [6.07, 6.45) is -19.0. The number of rotatable bonds is 5. The molecule has 156 valence electrons. The zero-order chi connectivity index (χ0) is 43.9. The van der Waals surface area contributed by atoms with Crippen molar-refractivity contribution in [1.29, 1.82) is 0 Å². The molecule has 1 N–H and O–H groups in total. The molecule has 0 spiro atoms. The van der Waals surface area contributed by atoms with Gasteiger partial charge in [-0.25, -0.2) is 4.79 Å². The van der Waals surface area contributed by atoms with E-state index in [1.165, 1.54) is 0 Å². The van der Waals surface area contributed by atoms with Crippen LogP contribution in [-0.4, -0.2) is 68.3 Å². The fourth-order valence-corrected chi connectivity index (χ4v) is 2.24. The number of nitrogens with one attached hydrogen (secondary N) is 1. The number of nitrogens with zero attached hydrogens (tertiary/aromatic N) is 3. The summed E-state index contributed by atoms with van der Waals surface area (Å²) in [4.78, 5) is 11.6. The van der Waals surface area contributed by atoms with Crippen molar-refractivity contribution in [2.24, 2.45) is 5.89 Å². The van der Waals surface area contributed by atoms with Gasteiger partial charge in [0.2, 0.25) is 0 Å². The van der Waals surface area contributed by atoms with Crippen molar-refractivity contribution in [3.63, 3.8) is 0 Å². The van der Waals surface area contributed by atoms with Gasteiger partial charge >= 0.3 is 6.03 Å². The van der Waals surface area contributed by atoms with Gasteiger partial charge in [-0.3, -0.25) is 4.90 Å². The highest BCUT2D eigenvalue weighted by molar-refractivity contribution is 6.43. The van der Waals surface area contributed by atoms with Crippen molar-refractivity contribution in [2.45, 2.75) is 37.9 Å². The Morgan fingerprint density at radius 2 is 2.00 bits per heavy atom. The van der Waals surface area contributed by atoms with Crippen LogP contribution in [0, 0.1) is 5.89 Å². The summed E-state index contributed by atoms with van der Waals surface area (Å²) in [6.45, 7) is -25.0. The lowest BCUT2D eigenvalue weighted by Crippen LogP contribution is -2.47. The smallest absolute Gasteiger partial charge is 0.317 e. The average molecular weight is 455 g/mol. The number of hydrogen-bond donors (Lipinski definition) is 1. The van der Waals surface area contributed by atoms with Crippen molar-refractivity contribution < 1.29 is 41.8 Å². The van der Waals surface area contributed by atoms with E-state index in [0.717, 1.165) is 5.32 Å². The van der Waals surface area contributed by atoms with Gasteiger partial charge in [0.25, 0.3) is 0 Å². The van der Waals surface area contributed by atoms with E-state index in [9.17, 15) is 4.79 Å². The van der Waals surface area contributed by atoms with Crippen molar-refractivity contribution in [1.82, 2.24) is 15.1 Å². The van der Waals surface area contributed by atoms with E-state index < -0.39 is 135 Å². The zero-order valence-electron chi connectivity index (χ0n) is 40.9. The first-order chi connectivity index (χ1) is 23.9. The Balaban J connectivity index is 2.23. The summed E-state index contributed by atoms with van der Waals surface area (Å²) in [7, 11) is 0. The minimum absolute atomic E-state index is 0.279. The average Bonchev–Trinajstić information content (AvgIpc) is 2.97. The van der Waals surface area contributed by atoms with Gasteiger partial charge in [-0.05, 0) is 56.4 Å². The van der Waals surface area contributed by atoms with Crippen LogP contribution < -0.4 is 10.2 Å². The molecule has 1 saturated heterocycles. The fraction of sp³-hybridized carbons (Fsp3) is 0.667. The number of hydrogen-bond acceptors (Lipinski definition) is 3. The Bertz CT molecular complexity index is 1630. The molecule has 0 atom stereocenters. The lowest BCUT2D eigenvalue weighted by Gasteiger charge is -2.37. The first kappa shape index (κ1) is 5.74. The van der Waals surface area contributed by atoms with Gasteiger partial charge < -0.3 is 15.1 Å². The molecule has 2 fully saturated rings. The maximum atomic E-state index is 13.0. The van der Waals surface area contributed by atoms with Crippen molar-refractivity contribution in [3.05, 3.63) is 28.2 Å². The number of anilines is 1. The molecule has 1 aliphatic heterocycles. The first-order valence-electron chi connectivity index (χ1n) is 21.0. The molecule has 1 saturated carbocycles. The zero-order valence-corrected chi connectivity index (χ0v) is 15.4. The van der Waals surface area contributed by atoms with Crippen LogP contribution in [0.15, 0.2) is 18.1 Å². The van der Waals surface area contributed by atoms with Crippen molar-refractivity contribution in [2.75, 3.05) is 51.4 Å². The van der Waals surface area contributed by atoms with E-state index in [-0.39, 0.29) is 9.80 Å². The molecule has 28 heavy (non-hydrogen) atoms. The van der Waals surface area contributed by atoms with Gasteiger partial charge in [0.1, 0.15) is 0 Å². The molecule has 0 aromatic heterocycles. The Morgan fingerprint density at radius 3 is 2.68 bits per heavy atom. The minimum atomic E-state index is -4.36. The molecule has 2 aliphatic rings. The molecule has 1 heterocycles. The Kier molecular flexibility index (Phi) is 2.06. The third-order valence-electron chi connectivity index (χ3n) is 3.27. The van der Waals surface area contributed by atoms with Gasteiger partial charge in [0.15, 0.2) is 0 Å². The summed E-state index contributed by atoms with van der Waals surface area (Å²) in [5.74, 6) is -3.96. The van der Waals surface area contributed by atoms with Crippen molar-refractivity contribution >= 4 is 34.9 Å². The van der Waals surface area contributed by atoms with Gasteiger partial charge in [-0.2, -0.15) is 0 Å². The second-order valence-corrected chi connectivity index (χ2v) is 5.91. The second-order valence-electron chi connectivity index (χ2n) is 5.15. The van der Waals surface area contributed by atoms with E-state index in [1.807, 2.05) is 0 Å². The highest BCUT2D eigenvalue weighted by Gasteiger charge is 2.24. The number of carbonyl (C=O) groups is 1. The SMILES string of the molecule is [2H]c1c([2H])c(Cl)c(Cl)c(N2C([2H])([2H])C([2H])([2H])N(CCC3([2H])C([2H])([2H])C([2H])([2H])C([2H])(NC(=O)N(C([2H])([2H])[2H])C([2H])([2H])[2H])C([2H])([2H])C3([2H])[2H])C([2H])([2H])C2([2H])[2H])c1[2H]. The molecule has 1 aromatic carbocycles. The lowest BCUT2D eigenvalue weighted by atomic mass is 9.84. The molecular formula is C21H32Cl2N4O. The molecule has 0 unspecified atom stereocenters. The second kappa shape index (κ2) is 10.0. The summed E-state index contributed by atoms with van der Waals surface area (Å²) in [5, 5.41) is -0.616. The largest absolute Gasteiger partial charge is 0.368 e. The Hall–Kier alpha value is -1.17. The number of urea groups is 1. The number of piperazine rings is 1. The van der Waals surface area contributed by atoms with Crippen LogP contribution in [-0.2, 0) is 0 Å². The highest BCUT2D eigenvalue weighted by Crippen LogP contribution is 2.33. The first-order valence-corrected chi connectivity index (χ1v) is 8.30. The molecule has 0 radical (unpaired) electrons. The van der Waals surface area contributed by atoms with Gasteiger partial charge in [-0.15, -0.1) is 0 Å². The van der Waals surface area contributed by atoms with Crippen molar-refractivity contribution in [3.8, 4) is 0 Å². The quantitative estimate of drug-likeness (QED) is 0.720. The number of carbonyl (C=O) groups excluding carboxylic acids is 1. The standard InChI is InChI=1S/C21H32Cl2N4O/c1-25(2)21(28)24-17-8-6-16(7-9-17)10-11-26-12-14-27(15-13-26)19-5-3-4-18(22)20(19)23/h3-5,16-17H,6-15H2,1-2H3,(H,24,28)/i1D3,2D3,3D,4D,5D,6D2,7D2,8D2,9D2,12D2,13D2,14D2,15D2,16D,17D. The minimum Gasteiger partial charge on any atom is -0.368 e. The molecule has 3 rings (SSSR count). The van der Waals surface area contributed by atoms with E-state index in [0.29, 0.717) is 0 Å². The summed E-state index contributed by atoms with van der Waals surface area (Å²) in [5.41, 5.74) is -1.17. The molecule has 1 aliphatic carbocycles. The maximum Gasteiger partial charge on any atom is 0.317 e. The maximum absolute atomic E-state index is 13.0. The van der Waals surface area contributed by atoms with Crippen LogP contribution in [0.4, 0.5) is 10.5 Å². The van der Waals surface area contributed by atoms with E-state index in [1.54, 1.807) is 0 Å². The summed E-state index contributed by atoms with van der Waals surface area (Å²) >= 11 is 12.1. The summed E-state index contributed by atoms with van der Waals surface area (Å²) in [6, 6.07) is -9.81. The molecule has 2 amide bonds. The molecular weight excluding hydrogens is 395 g/mol. The monoisotopic (exact) mass is 453 g/mol. The molecule has 1 aromatic rings. The third-order valence-corrected chi connectivity index (χ3v) is 4.02. The summed E-state index contributed by atoms with van der Waals surface area (Å²) < 4.78 is 224. The number of amides is 2. The van der Waals surface area contributed by atoms with Crippen LogP contribution in [0.3, 0.4) is 0 Å². The van der Waals surface area contributed by atoms with Crippen LogP contribution in [0.2, 0.25) is 10.0 Å². The topological polar surface area (TPSA) is 38.8 Å². The van der Waals surface area contributed by atoms with E-state index >= 15 is 0 Å². The predicted molar refractivity (Wildman–Crippen MR) is 118 cm³/mol. The third kappa shape index (κ3) is 5.68. The van der Waals surface area contributed by atoms with Gasteiger partial charge in [-0.1, -0.05) is 29.2 Å². The van der Waals surface area contributed by atoms with Crippen LogP contribution in [0.25, 0.3) is 0 Å². The van der Waals surface area contributed by atoms with Gasteiger partial charge in [0, 0.05) is 72.0 Å². The predicted octanol–water partition coefficient (Wildman–Crippen LogP) is 4.34. The molecule has 5 nitrogen and oxygen atoms in total. The van der Waals surface area contributed by atoms with E-state index in [4.69, 9.17) is 60.2 Å². The normalized spacial score (nSPS) is 58.2. The molecule has 0 bridgehead atoms. The number of halogens is 2. The lowest BCUT2D eigenvalue weighted by molar-refractivity contribution is 0.194. The number of benzene rings is 1. The van der Waals surface area contributed by atoms with E-state index in [2.05, 4.69) is 0 Å². The Morgan fingerprint density at radius 1 is 1.29 bits per heavy atom. The van der Waals surface area contributed by atoms with Crippen LogP contribution >= 0.6 is 23.2 Å². The fourth-order valence-electron chi connectivity index (χ4n) is 1.93. The highest BCUT2D eigenvalue weighted by atomic mass is 35.5. The Labute approximate surface area is 216 Å². The van der Waals surface area contributed by atoms with Gasteiger partial charge in [0.05, 0.1) is 26.7 Å². The molecule has 7 heteroatoms. The van der Waals surface area contributed by atoms with Crippen LogP contribution in [0.1, 0.15) is 68.9 Å². The van der Waals surface area contributed by atoms with Crippen LogP contribution in [0.5, 0.6) is 0 Å².